The van der Waals surface area contributed by atoms with Crippen molar-refractivity contribution in [2.45, 2.75) is 26.7 Å². The molecule has 0 aromatic carbocycles. The lowest BCUT2D eigenvalue weighted by atomic mass is 10.1. The van der Waals surface area contributed by atoms with E-state index in [0.29, 0.717) is 0 Å². The van der Waals surface area contributed by atoms with Crippen molar-refractivity contribution >= 4 is 17.6 Å². The first kappa shape index (κ1) is 9.98. The molecule has 0 bridgehead atoms. The molecule has 0 aromatic heterocycles. The monoisotopic (exact) mass is 161 g/mol. The van der Waals surface area contributed by atoms with Crippen LogP contribution in [0.3, 0.4) is 0 Å². The van der Waals surface area contributed by atoms with Gasteiger partial charge in [0.05, 0.1) is 0 Å². The lowest BCUT2D eigenvalue weighted by Crippen LogP contribution is -2.06. The summed E-state index contributed by atoms with van der Waals surface area (Å²) in [5.41, 5.74) is 0.815. The van der Waals surface area contributed by atoms with Gasteiger partial charge in [-0.1, -0.05) is 13.8 Å². The molecule has 0 rings (SSSR count). The van der Waals surface area contributed by atoms with Crippen LogP contribution in [0.4, 0.5) is 0 Å². The highest BCUT2D eigenvalue weighted by Crippen LogP contribution is 2.02. The summed E-state index contributed by atoms with van der Waals surface area (Å²) in [6, 6.07) is 0. The van der Waals surface area contributed by atoms with Gasteiger partial charge in [-0.2, -0.15) is 0 Å². The second kappa shape index (κ2) is 7.09. The predicted molar refractivity (Wildman–Crippen MR) is 46.4 cm³/mol. The smallest absolute Gasteiger partial charge is 0.191 e. The molecule has 0 amide bonds. The molecule has 0 radical (unpaired) electrons. The molecule has 0 aliphatic rings. The van der Waals surface area contributed by atoms with Gasteiger partial charge in [-0.3, -0.25) is 9.52 Å². The van der Waals surface area contributed by atoms with Crippen molar-refractivity contribution in [2.75, 3.05) is 6.54 Å². The minimum Gasteiger partial charge on any atom is -0.290 e. The number of nitrogens with one attached hydrogen (secondary N) is 1. The minimum atomic E-state index is 0.767. The first-order valence-corrected chi connectivity index (χ1v) is 4.47. The maximum Gasteiger partial charge on any atom is 0.191 e. The fourth-order valence-corrected chi connectivity index (χ4v) is 1.01. The van der Waals surface area contributed by atoms with Gasteiger partial charge in [0.2, 0.25) is 0 Å². The minimum absolute atomic E-state index is 0.767. The first-order chi connectivity index (χ1) is 4.77. The molecule has 0 saturated heterocycles. The van der Waals surface area contributed by atoms with Crippen LogP contribution < -0.4 is 4.72 Å². The Hall–Kier alpha value is -0.0200. The fraction of sp³-hybridized carbons (Fsp3) is 0.857. The van der Waals surface area contributed by atoms with Crippen LogP contribution in [0.15, 0.2) is 0 Å². The van der Waals surface area contributed by atoms with Crippen LogP contribution in [0.2, 0.25) is 0 Å². The van der Waals surface area contributed by atoms with Crippen LogP contribution in [0.25, 0.3) is 0 Å². The average Bonchev–Trinajstić information content (AvgIpc) is 1.87. The van der Waals surface area contributed by atoms with E-state index in [2.05, 4.69) is 18.6 Å². The van der Waals surface area contributed by atoms with Crippen LogP contribution in [-0.4, -0.2) is 12.2 Å². The standard InChI is InChI=1S/C7H15NOS/c1-7(2)4-3-5-8-10-6-9/h6-8H,3-5H2,1-2H3. The maximum atomic E-state index is 9.80. The van der Waals surface area contributed by atoms with Crippen molar-refractivity contribution < 1.29 is 4.79 Å². The van der Waals surface area contributed by atoms with Crippen molar-refractivity contribution in [2.24, 2.45) is 5.92 Å². The molecule has 0 aliphatic heterocycles. The zero-order chi connectivity index (χ0) is 7.82. The molecule has 0 unspecified atom stereocenters. The Kier molecular flexibility index (Phi) is 7.08. The molecule has 2 nitrogen and oxygen atoms in total. The SMILES string of the molecule is CC(C)CCCNSC=O. The van der Waals surface area contributed by atoms with Gasteiger partial charge in [0.1, 0.15) is 0 Å². The quantitative estimate of drug-likeness (QED) is 0.366. The molecule has 0 fully saturated rings. The zero-order valence-corrected chi connectivity index (χ0v) is 7.41. The molecule has 3 heteroatoms. The molecule has 1 N–H and O–H groups in total. The molecule has 0 aliphatic carbocycles. The lowest BCUT2D eigenvalue weighted by molar-refractivity contribution is 0.555. The molecule has 0 saturated carbocycles. The zero-order valence-electron chi connectivity index (χ0n) is 6.59. The molecule has 0 spiro atoms. The highest BCUT2D eigenvalue weighted by Gasteiger charge is 1.92. The molecule has 10 heavy (non-hydrogen) atoms. The molecule has 0 heterocycles. The third kappa shape index (κ3) is 7.98. The van der Waals surface area contributed by atoms with Gasteiger partial charge >= 0.3 is 0 Å². The van der Waals surface area contributed by atoms with Crippen LogP contribution >= 0.6 is 11.9 Å². The molecule has 60 valence electrons. The second-order valence-corrected chi connectivity index (χ2v) is 3.36. The summed E-state index contributed by atoms with van der Waals surface area (Å²) >= 11 is 1.13. The van der Waals surface area contributed by atoms with E-state index in [1.54, 1.807) is 0 Å². The van der Waals surface area contributed by atoms with Crippen LogP contribution in [0.1, 0.15) is 26.7 Å². The Labute approximate surface area is 66.9 Å². The van der Waals surface area contributed by atoms with Gasteiger partial charge in [0.25, 0.3) is 0 Å². The van der Waals surface area contributed by atoms with E-state index in [-0.39, 0.29) is 0 Å². The topological polar surface area (TPSA) is 29.1 Å². The highest BCUT2D eigenvalue weighted by atomic mass is 32.2. The van der Waals surface area contributed by atoms with Gasteiger partial charge in [-0.25, -0.2) is 0 Å². The summed E-state index contributed by atoms with van der Waals surface area (Å²) in [6.07, 6.45) is 2.38. The molecule has 0 aromatic rings. The van der Waals surface area contributed by atoms with E-state index < -0.39 is 0 Å². The first-order valence-electron chi connectivity index (χ1n) is 3.59. The Morgan fingerprint density at radius 3 is 2.80 bits per heavy atom. The maximum absolute atomic E-state index is 9.80. The van der Waals surface area contributed by atoms with E-state index >= 15 is 0 Å². The summed E-state index contributed by atoms with van der Waals surface area (Å²) < 4.78 is 2.94. The van der Waals surface area contributed by atoms with E-state index in [0.717, 1.165) is 36.4 Å². The number of carbonyl (C=O) groups is 1. The Morgan fingerprint density at radius 1 is 1.60 bits per heavy atom. The summed E-state index contributed by atoms with van der Waals surface area (Å²) in [5.74, 6) is 0.767. The lowest BCUT2D eigenvalue weighted by Gasteiger charge is -2.02. The molecular weight excluding hydrogens is 146 g/mol. The summed E-state index contributed by atoms with van der Waals surface area (Å²) in [7, 11) is 0. The summed E-state index contributed by atoms with van der Waals surface area (Å²) in [4.78, 5) is 9.80. The van der Waals surface area contributed by atoms with Crippen molar-refractivity contribution in [3.63, 3.8) is 0 Å². The van der Waals surface area contributed by atoms with Crippen molar-refractivity contribution in [3.05, 3.63) is 0 Å². The van der Waals surface area contributed by atoms with E-state index in [4.69, 9.17) is 0 Å². The molecule has 0 atom stereocenters. The van der Waals surface area contributed by atoms with Crippen molar-refractivity contribution in [3.8, 4) is 0 Å². The normalized spacial score (nSPS) is 10.3. The third-order valence-electron chi connectivity index (χ3n) is 1.19. The predicted octanol–water partition coefficient (Wildman–Crippen LogP) is 1.85. The van der Waals surface area contributed by atoms with Crippen LogP contribution in [-0.2, 0) is 4.79 Å². The van der Waals surface area contributed by atoms with Crippen LogP contribution in [0, 0.1) is 5.92 Å². The van der Waals surface area contributed by atoms with Crippen molar-refractivity contribution in [1.29, 1.82) is 0 Å². The third-order valence-corrected chi connectivity index (χ3v) is 1.66. The second-order valence-electron chi connectivity index (χ2n) is 2.64. The number of rotatable bonds is 6. The van der Waals surface area contributed by atoms with Gasteiger partial charge in [-0.15, -0.1) is 0 Å². The summed E-state index contributed by atoms with van der Waals surface area (Å²) in [5, 5.41) is 0. The van der Waals surface area contributed by atoms with Gasteiger partial charge in [0.15, 0.2) is 5.62 Å². The number of hydrogen-bond donors (Lipinski definition) is 1. The fourth-order valence-electron chi connectivity index (χ4n) is 0.675. The van der Waals surface area contributed by atoms with Gasteiger partial charge < -0.3 is 0 Å². The Bertz CT molecular complexity index is 85.7. The average molecular weight is 161 g/mol. The van der Waals surface area contributed by atoms with E-state index in [1.165, 1.54) is 6.42 Å². The largest absolute Gasteiger partial charge is 0.290 e. The van der Waals surface area contributed by atoms with E-state index in [9.17, 15) is 4.79 Å². The summed E-state index contributed by atoms with van der Waals surface area (Å²) in [6.45, 7) is 5.33. The number of carbonyl (C=O) groups excluding carboxylic acids is 1. The van der Waals surface area contributed by atoms with Crippen LogP contribution in [0.5, 0.6) is 0 Å². The Morgan fingerprint density at radius 2 is 2.30 bits per heavy atom. The van der Waals surface area contributed by atoms with Gasteiger partial charge in [0, 0.05) is 6.54 Å². The highest BCUT2D eigenvalue weighted by molar-refractivity contribution is 8.10. The van der Waals surface area contributed by atoms with E-state index in [1.807, 2.05) is 0 Å². The van der Waals surface area contributed by atoms with Crippen molar-refractivity contribution in [1.82, 2.24) is 4.72 Å². The molecular formula is C7H15NOS. The Balaban J connectivity index is 2.83. The number of hydrogen-bond acceptors (Lipinski definition) is 3. The van der Waals surface area contributed by atoms with Gasteiger partial charge in [-0.05, 0) is 30.7 Å².